The second kappa shape index (κ2) is 6.51. The van der Waals surface area contributed by atoms with Gasteiger partial charge in [-0.05, 0) is 31.9 Å². The largest absolute Gasteiger partial charge is 0.357 e. The van der Waals surface area contributed by atoms with Gasteiger partial charge in [0.15, 0.2) is 0 Å². The first-order valence-corrected chi connectivity index (χ1v) is 7.51. The molecular formula is C16H19N5O. The highest BCUT2D eigenvalue weighted by Gasteiger charge is 2.15. The molecule has 2 aromatic rings. The molecule has 0 aromatic carbocycles. The van der Waals surface area contributed by atoms with Crippen molar-refractivity contribution in [1.82, 2.24) is 20.3 Å². The SMILES string of the molecule is Cc1cc(N2CCCC2)nc(CNC(=O)c2ccccn2)n1. The Balaban J connectivity index is 1.68. The highest BCUT2D eigenvalue weighted by molar-refractivity contribution is 5.92. The van der Waals surface area contributed by atoms with E-state index in [0.29, 0.717) is 18.1 Å². The Labute approximate surface area is 129 Å². The third kappa shape index (κ3) is 3.39. The van der Waals surface area contributed by atoms with Crippen LogP contribution in [-0.4, -0.2) is 33.9 Å². The minimum absolute atomic E-state index is 0.214. The van der Waals surface area contributed by atoms with E-state index in [1.54, 1.807) is 24.4 Å². The molecule has 0 atom stereocenters. The molecule has 0 aliphatic carbocycles. The molecule has 1 N–H and O–H groups in total. The van der Waals surface area contributed by atoms with Gasteiger partial charge < -0.3 is 10.2 Å². The van der Waals surface area contributed by atoms with Gasteiger partial charge in [0.25, 0.3) is 5.91 Å². The van der Waals surface area contributed by atoms with Gasteiger partial charge in [0.05, 0.1) is 6.54 Å². The summed E-state index contributed by atoms with van der Waals surface area (Å²) in [6, 6.07) is 7.25. The molecule has 1 aliphatic heterocycles. The molecule has 2 aromatic heterocycles. The van der Waals surface area contributed by atoms with Crippen LogP contribution in [0.4, 0.5) is 5.82 Å². The maximum atomic E-state index is 12.0. The number of amides is 1. The van der Waals surface area contributed by atoms with E-state index in [4.69, 9.17) is 0 Å². The summed E-state index contributed by atoms with van der Waals surface area (Å²) in [6.45, 7) is 4.33. The molecular weight excluding hydrogens is 278 g/mol. The van der Waals surface area contributed by atoms with Crippen LogP contribution < -0.4 is 10.2 Å². The van der Waals surface area contributed by atoms with Crippen LogP contribution in [0.25, 0.3) is 0 Å². The Morgan fingerprint density at radius 3 is 2.82 bits per heavy atom. The van der Waals surface area contributed by atoms with Crippen molar-refractivity contribution in [2.24, 2.45) is 0 Å². The van der Waals surface area contributed by atoms with E-state index in [0.717, 1.165) is 24.6 Å². The fourth-order valence-electron chi connectivity index (χ4n) is 2.55. The number of hydrogen-bond acceptors (Lipinski definition) is 5. The van der Waals surface area contributed by atoms with Gasteiger partial charge in [-0.15, -0.1) is 0 Å². The average molecular weight is 297 g/mol. The van der Waals surface area contributed by atoms with E-state index in [1.165, 1.54) is 12.8 Å². The van der Waals surface area contributed by atoms with Crippen molar-refractivity contribution in [3.05, 3.63) is 47.7 Å². The molecule has 22 heavy (non-hydrogen) atoms. The molecule has 0 saturated carbocycles. The lowest BCUT2D eigenvalue weighted by Crippen LogP contribution is -2.26. The van der Waals surface area contributed by atoms with Crippen LogP contribution in [-0.2, 0) is 6.54 Å². The second-order valence-electron chi connectivity index (χ2n) is 5.38. The lowest BCUT2D eigenvalue weighted by Gasteiger charge is -2.17. The molecule has 0 radical (unpaired) electrons. The molecule has 3 rings (SSSR count). The van der Waals surface area contributed by atoms with E-state index in [1.807, 2.05) is 13.0 Å². The van der Waals surface area contributed by atoms with Gasteiger partial charge >= 0.3 is 0 Å². The van der Waals surface area contributed by atoms with Gasteiger partial charge in [0.2, 0.25) is 0 Å². The first kappa shape index (κ1) is 14.4. The van der Waals surface area contributed by atoms with Crippen LogP contribution in [0.5, 0.6) is 0 Å². The fourth-order valence-corrected chi connectivity index (χ4v) is 2.55. The number of hydrogen-bond donors (Lipinski definition) is 1. The summed E-state index contributed by atoms with van der Waals surface area (Å²) < 4.78 is 0. The number of rotatable bonds is 4. The molecule has 1 aliphatic rings. The molecule has 0 spiro atoms. The third-order valence-corrected chi connectivity index (χ3v) is 3.62. The van der Waals surface area contributed by atoms with Crippen molar-refractivity contribution in [3.63, 3.8) is 0 Å². The smallest absolute Gasteiger partial charge is 0.270 e. The Kier molecular flexibility index (Phi) is 4.27. The zero-order chi connectivity index (χ0) is 15.4. The maximum Gasteiger partial charge on any atom is 0.270 e. The number of pyridine rings is 1. The number of anilines is 1. The lowest BCUT2D eigenvalue weighted by molar-refractivity contribution is 0.0945. The Hall–Kier alpha value is -2.50. The van der Waals surface area contributed by atoms with Crippen molar-refractivity contribution < 1.29 is 4.79 Å². The van der Waals surface area contributed by atoms with Gasteiger partial charge in [-0.3, -0.25) is 9.78 Å². The van der Waals surface area contributed by atoms with E-state index in [9.17, 15) is 4.79 Å². The van der Waals surface area contributed by atoms with Gasteiger partial charge in [-0.1, -0.05) is 6.07 Å². The molecule has 0 unspecified atom stereocenters. The topological polar surface area (TPSA) is 71.0 Å². The Morgan fingerprint density at radius 2 is 2.09 bits per heavy atom. The molecule has 1 amide bonds. The minimum Gasteiger partial charge on any atom is -0.357 e. The number of carbonyl (C=O) groups excluding carboxylic acids is 1. The number of nitrogens with one attached hydrogen (secondary N) is 1. The maximum absolute atomic E-state index is 12.0. The molecule has 3 heterocycles. The highest BCUT2D eigenvalue weighted by atomic mass is 16.1. The Bertz CT molecular complexity index is 653. The number of aryl methyl sites for hydroxylation is 1. The van der Waals surface area contributed by atoms with Gasteiger partial charge in [-0.25, -0.2) is 9.97 Å². The van der Waals surface area contributed by atoms with Gasteiger partial charge in [-0.2, -0.15) is 0 Å². The number of nitrogens with zero attached hydrogens (tertiary/aromatic N) is 4. The van der Waals surface area contributed by atoms with E-state index >= 15 is 0 Å². The summed E-state index contributed by atoms with van der Waals surface area (Å²) in [6.07, 6.45) is 4.01. The summed E-state index contributed by atoms with van der Waals surface area (Å²) >= 11 is 0. The minimum atomic E-state index is -0.214. The lowest BCUT2D eigenvalue weighted by atomic mass is 10.3. The first-order valence-electron chi connectivity index (χ1n) is 7.51. The molecule has 6 heteroatoms. The molecule has 114 valence electrons. The van der Waals surface area contributed by atoms with Crippen LogP contribution >= 0.6 is 0 Å². The third-order valence-electron chi connectivity index (χ3n) is 3.62. The number of carbonyl (C=O) groups is 1. The molecule has 6 nitrogen and oxygen atoms in total. The quantitative estimate of drug-likeness (QED) is 0.930. The predicted octanol–water partition coefficient (Wildman–Crippen LogP) is 1.71. The molecule has 1 saturated heterocycles. The summed E-state index contributed by atoms with van der Waals surface area (Å²) in [4.78, 5) is 27.3. The van der Waals surface area contributed by atoms with Crippen molar-refractivity contribution in [3.8, 4) is 0 Å². The van der Waals surface area contributed by atoms with Crippen LogP contribution in [0.15, 0.2) is 30.5 Å². The van der Waals surface area contributed by atoms with Crippen LogP contribution in [0, 0.1) is 6.92 Å². The summed E-state index contributed by atoms with van der Waals surface area (Å²) in [5, 5.41) is 2.82. The standard InChI is InChI=1S/C16H19N5O/c1-12-10-15(21-8-4-5-9-21)20-14(19-12)11-18-16(22)13-6-2-3-7-17-13/h2-3,6-7,10H,4-5,8-9,11H2,1H3,(H,18,22). The monoisotopic (exact) mass is 297 g/mol. The van der Waals surface area contributed by atoms with Gasteiger partial charge in [0, 0.05) is 31.0 Å². The van der Waals surface area contributed by atoms with Gasteiger partial charge in [0.1, 0.15) is 17.3 Å². The number of aromatic nitrogens is 3. The second-order valence-corrected chi connectivity index (χ2v) is 5.38. The van der Waals surface area contributed by atoms with Crippen molar-refractivity contribution in [2.75, 3.05) is 18.0 Å². The van der Waals surface area contributed by atoms with Crippen LogP contribution in [0.3, 0.4) is 0 Å². The fraction of sp³-hybridized carbons (Fsp3) is 0.375. The van der Waals surface area contributed by atoms with Crippen molar-refractivity contribution in [2.45, 2.75) is 26.3 Å². The summed E-state index contributed by atoms with van der Waals surface area (Å²) in [5.41, 5.74) is 1.31. The van der Waals surface area contributed by atoms with Crippen LogP contribution in [0.1, 0.15) is 34.8 Å². The molecule has 0 bridgehead atoms. The van der Waals surface area contributed by atoms with Crippen LogP contribution in [0.2, 0.25) is 0 Å². The predicted molar refractivity (Wildman–Crippen MR) is 83.6 cm³/mol. The van der Waals surface area contributed by atoms with Crippen molar-refractivity contribution in [1.29, 1.82) is 0 Å². The zero-order valence-corrected chi connectivity index (χ0v) is 12.6. The molecule has 1 fully saturated rings. The highest BCUT2D eigenvalue weighted by Crippen LogP contribution is 2.18. The zero-order valence-electron chi connectivity index (χ0n) is 12.6. The van der Waals surface area contributed by atoms with Crippen molar-refractivity contribution >= 4 is 11.7 Å². The van der Waals surface area contributed by atoms with E-state index < -0.39 is 0 Å². The Morgan fingerprint density at radius 1 is 1.27 bits per heavy atom. The average Bonchev–Trinajstić information content (AvgIpc) is 3.07. The normalized spacial score (nSPS) is 14.1. The first-order chi connectivity index (χ1) is 10.7. The summed E-state index contributed by atoms with van der Waals surface area (Å²) in [7, 11) is 0. The van der Waals surface area contributed by atoms with E-state index in [2.05, 4.69) is 25.2 Å². The summed E-state index contributed by atoms with van der Waals surface area (Å²) in [5.74, 6) is 1.37. The van der Waals surface area contributed by atoms with E-state index in [-0.39, 0.29) is 5.91 Å².